The maximum Gasteiger partial charge on any atom is 0.318 e. The van der Waals surface area contributed by atoms with Gasteiger partial charge in [0.15, 0.2) is 0 Å². The average Bonchev–Trinajstić information content (AvgIpc) is 2.37. The van der Waals surface area contributed by atoms with Gasteiger partial charge in [0, 0.05) is 12.6 Å². The SMILES string of the molecule is CCCN(CC(=O)O)S(=O)(=O)c1ccc([N+](=O)[O-])cc1F. The van der Waals surface area contributed by atoms with E-state index in [4.69, 9.17) is 5.11 Å². The van der Waals surface area contributed by atoms with E-state index in [1.165, 1.54) is 0 Å². The number of nitro benzene ring substituents is 1. The largest absolute Gasteiger partial charge is 0.480 e. The second kappa shape index (κ2) is 6.59. The van der Waals surface area contributed by atoms with Crippen molar-refractivity contribution in [3.8, 4) is 0 Å². The van der Waals surface area contributed by atoms with Crippen LogP contribution in [-0.4, -0.2) is 41.8 Å². The van der Waals surface area contributed by atoms with Crippen molar-refractivity contribution >= 4 is 21.7 Å². The van der Waals surface area contributed by atoms with Crippen LogP contribution in [0.15, 0.2) is 23.1 Å². The van der Waals surface area contributed by atoms with E-state index in [0.717, 1.165) is 12.1 Å². The summed E-state index contributed by atoms with van der Waals surface area (Å²) < 4.78 is 38.8. The van der Waals surface area contributed by atoms with Crippen molar-refractivity contribution in [3.05, 3.63) is 34.1 Å². The summed E-state index contributed by atoms with van der Waals surface area (Å²) in [6.07, 6.45) is 0.334. The third kappa shape index (κ3) is 3.95. The number of carboxylic acid groups (broad SMARTS) is 1. The Balaban J connectivity index is 3.27. The lowest BCUT2D eigenvalue weighted by atomic mass is 10.3. The number of carbonyl (C=O) groups is 1. The molecule has 0 aliphatic heterocycles. The molecule has 21 heavy (non-hydrogen) atoms. The monoisotopic (exact) mass is 320 g/mol. The summed E-state index contributed by atoms with van der Waals surface area (Å²) >= 11 is 0. The minimum atomic E-state index is -4.38. The van der Waals surface area contributed by atoms with E-state index < -0.39 is 43.9 Å². The van der Waals surface area contributed by atoms with Gasteiger partial charge in [-0.3, -0.25) is 14.9 Å². The number of sulfonamides is 1. The van der Waals surface area contributed by atoms with Crippen molar-refractivity contribution in [2.75, 3.05) is 13.1 Å². The first-order valence-corrected chi connectivity index (χ1v) is 7.30. The molecule has 0 fully saturated rings. The Kier molecular flexibility index (Phi) is 5.33. The van der Waals surface area contributed by atoms with E-state index in [1.807, 2.05) is 0 Å². The predicted molar refractivity (Wildman–Crippen MR) is 69.7 cm³/mol. The summed E-state index contributed by atoms with van der Waals surface area (Å²) in [5.74, 6) is -2.68. The first-order chi connectivity index (χ1) is 9.70. The van der Waals surface area contributed by atoms with Gasteiger partial charge < -0.3 is 5.11 Å². The summed E-state index contributed by atoms with van der Waals surface area (Å²) in [5.41, 5.74) is -0.591. The topological polar surface area (TPSA) is 118 Å². The van der Waals surface area contributed by atoms with Gasteiger partial charge >= 0.3 is 5.97 Å². The highest BCUT2D eigenvalue weighted by Crippen LogP contribution is 2.23. The highest BCUT2D eigenvalue weighted by atomic mass is 32.2. The first-order valence-electron chi connectivity index (χ1n) is 5.86. The number of rotatable bonds is 7. The maximum atomic E-state index is 13.8. The van der Waals surface area contributed by atoms with Gasteiger partial charge in [-0.1, -0.05) is 6.92 Å². The lowest BCUT2D eigenvalue weighted by molar-refractivity contribution is -0.385. The molecule has 10 heteroatoms. The van der Waals surface area contributed by atoms with Crippen LogP contribution in [0.5, 0.6) is 0 Å². The minimum absolute atomic E-state index is 0.106. The molecule has 0 heterocycles. The van der Waals surface area contributed by atoms with Crippen LogP contribution in [0.25, 0.3) is 0 Å². The number of hydrogen-bond donors (Lipinski definition) is 1. The van der Waals surface area contributed by atoms with Crippen LogP contribution in [0, 0.1) is 15.9 Å². The van der Waals surface area contributed by atoms with E-state index in [2.05, 4.69) is 0 Å². The van der Waals surface area contributed by atoms with E-state index >= 15 is 0 Å². The Morgan fingerprint density at radius 2 is 2.10 bits per heavy atom. The van der Waals surface area contributed by atoms with E-state index in [9.17, 15) is 27.7 Å². The van der Waals surface area contributed by atoms with Gasteiger partial charge in [0.1, 0.15) is 17.3 Å². The zero-order valence-electron chi connectivity index (χ0n) is 11.0. The number of benzene rings is 1. The van der Waals surface area contributed by atoms with Crippen molar-refractivity contribution in [2.45, 2.75) is 18.2 Å². The van der Waals surface area contributed by atoms with Crippen LogP contribution in [0.2, 0.25) is 0 Å². The maximum absolute atomic E-state index is 13.8. The summed E-state index contributed by atoms with van der Waals surface area (Å²) in [5, 5.41) is 19.2. The Bertz CT molecular complexity index is 661. The van der Waals surface area contributed by atoms with Crippen LogP contribution in [-0.2, 0) is 14.8 Å². The van der Waals surface area contributed by atoms with Crippen molar-refractivity contribution in [3.63, 3.8) is 0 Å². The quantitative estimate of drug-likeness (QED) is 0.596. The Morgan fingerprint density at radius 1 is 1.48 bits per heavy atom. The third-order valence-corrected chi connectivity index (χ3v) is 4.41. The second-order valence-corrected chi connectivity index (χ2v) is 6.01. The second-order valence-electron chi connectivity index (χ2n) is 4.10. The Labute approximate surface area is 120 Å². The van der Waals surface area contributed by atoms with Gasteiger partial charge in [-0.2, -0.15) is 4.31 Å². The molecule has 0 unspecified atom stereocenters. The van der Waals surface area contributed by atoms with E-state index in [1.54, 1.807) is 6.92 Å². The first kappa shape index (κ1) is 17.0. The van der Waals surface area contributed by atoms with Gasteiger partial charge in [-0.15, -0.1) is 0 Å². The molecule has 0 saturated carbocycles. The number of halogens is 1. The fraction of sp³-hybridized carbons (Fsp3) is 0.364. The molecule has 1 rings (SSSR count). The third-order valence-electron chi connectivity index (χ3n) is 2.53. The van der Waals surface area contributed by atoms with Crippen LogP contribution in [0.4, 0.5) is 10.1 Å². The number of hydrogen-bond acceptors (Lipinski definition) is 5. The lowest BCUT2D eigenvalue weighted by Gasteiger charge is -2.19. The molecule has 0 aliphatic carbocycles. The van der Waals surface area contributed by atoms with Gasteiger partial charge in [-0.25, -0.2) is 12.8 Å². The molecule has 0 aromatic heterocycles. The predicted octanol–water partition coefficient (Wildman–Crippen LogP) is 1.22. The molecular weight excluding hydrogens is 307 g/mol. The smallest absolute Gasteiger partial charge is 0.318 e. The van der Waals surface area contributed by atoms with Crippen LogP contribution in [0.1, 0.15) is 13.3 Å². The summed E-state index contributed by atoms with van der Waals surface area (Å²) in [6.45, 7) is 0.716. The van der Waals surface area contributed by atoms with Crippen LogP contribution < -0.4 is 0 Å². The molecule has 1 N–H and O–H groups in total. The molecule has 0 atom stereocenters. The number of carboxylic acids is 1. The molecule has 116 valence electrons. The van der Waals surface area contributed by atoms with Crippen molar-refractivity contribution in [2.24, 2.45) is 0 Å². The number of aliphatic carboxylic acids is 1. The summed E-state index contributed by atoms with van der Waals surface area (Å²) in [4.78, 5) is 19.5. The van der Waals surface area contributed by atoms with Crippen molar-refractivity contribution < 1.29 is 27.6 Å². The molecule has 0 spiro atoms. The Morgan fingerprint density at radius 3 is 2.52 bits per heavy atom. The molecule has 0 bridgehead atoms. The molecular formula is C11H13FN2O6S. The fourth-order valence-corrected chi connectivity index (χ4v) is 3.16. The number of non-ortho nitro benzene ring substituents is 1. The van der Waals surface area contributed by atoms with E-state index in [-0.39, 0.29) is 6.54 Å². The zero-order chi connectivity index (χ0) is 16.2. The number of nitro groups is 1. The molecule has 1 aromatic carbocycles. The molecule has 1 aromatic rings. The van der Waals surface area contributed by atoms with Gasteiger partial charge in [-0.05, 0) is 12.5 Å². The molecule has 0 aliphatic rings. The molecule has 0 saturated heterocycles. The molecule has 0 amide bonds. The lowest BCUT2D eigenvalue weighted by Crippen LogP contribution is -2.36. The van der Waals surface area contributed by atoms with Gasteiger partial charge in [0.2, 0.25) is 10.0 Å². The molecule has 0 radical (unpaired) electrons. The average molecular weight is 320 g/mol. The van der Waals surface area contributed by atoms with Gasteiger partial charge in [0.25, 0.3) is 5.69 Å². The highest BCUT2D eigenvalue weighted by Gasteiger charge is 2.29. The van der Waals surface area contributed by atoms with Crippen LogP contribution in [0.3, 0.4) is 0 Å². The molecule has 8 nitrogen and oxygen atoms in total. The number of nitrogens with zero attached hydrogens (tertiary/aromatic N) is 2. The van der Waals surface area contributed by atoms with Crippen molar-refractivity contribution in [1.82, 2.24) is 4.31 Å². The highest BCUT2D eigenvalue weighted by molar-refractivity contribution is 7.89. The minimum Gasteiger partial charge on any atom is -0.480 e. The summed E-state index contributed by atoms with van der Waals surface area (Å²) in [6, 6.07) is 2.09. The normalized spacial score (nSPS) is 11.6. The Hall–Kier alpha value is -2.07. The zero-order valence-corrected chi connectivity index (χ0v) is 11.8. The van der Waals surface area contributed by atoms with Crippen LogP contribution >= 0.6 is 0 Å². The van der Waals surface area contributed by atoms with E-state index in [0.29, 0.717) is 16.8 Å². The standard InChI is InChI=1S/C11H13FN2O6S/c1-2-5-13(7-11(15)16)21(19,20)10-4-3-8(14(17)18)6-9(10)12/h3-4,6H,2,5,7H2,1H3,(H,15,16). The summed E-state index contributed by atoms with van der Waals surface area (Å²) in [7, 11) is -4.38. The van der Waals surface area contributed by atoms with Gasteiger partial charge in [0.05, 0.1) is 11.0 Å². The van der Waals surface area contributed by atoms with Crippen molar-refractivity contribution in [1.29, 1.82) is 0 Å². The fourth-order valence-electron chi connectivity index (χ4n) is 1.64.